The average Bonchev–Trinajstić information content (AvgIpc) is 2.20. The summed E-state index contributed by atoms with van der Waals surface area (Å²) in [6.07, 6.45) is -2.52. The summed E-state index contributed by atoms with van der Waals surface area (Å²) in [4.78, 5) is 10.1. The molecule has 1 aromatic carbocycles. The fraction of sp³-hybridized carbons (Fsp3) is 0.222. The average molecular weight is 225 g/mol. The monoisotopic (exact) mass is 224 g/mol. The fourth-order valence-electron chi connectivity index (χ4n) is 0.788. The molecule has 0 unspecified atom stereocenters. The molecule has 0 heterocycles. The van der Waals surface area contributed by atoms with Gasteiger partial charge in [0.25, 0.3) is 0 Å². The van der Waals surface area contributed by atoms with E-state index in [-0.39, 0.29) is 5.56 Å². The minimum atomic E-state index is -4.38. The smallest absolute Gasteiger partial charge is 0.298 e. The third-order valence-electron chi connectivity index (χ3n) is 1.35. The van der Waals surface area contributed by atoms with Crippen LogP contribution in [0.1, 0.15) is 15.9 Å². The van der Waals surface area contributed by atoms with Gasteiger partial charge in [0.2, 0.25) is 0 Å². The molecule has 1 aromatic rings. The lowest BCUT2D eigenvalue weighted by Gasteiger charge is -2.05. The lowest BCUT2D eigenvalue weighted by molar-refractivity contribution is -0.137. The van der Waals surface area contributed by atoms with Crippen molar-refractivity contribution in [2.75, 3.05) is 6.38 Å². The maximum atomic E-state index is 12.0. The molecular weight excluding hydrogens is 217 g/mol. The number of alkyl halides is 4. The van der Waals surface area contributed by atoms with Crippen LogP contribution in [0, 0.1) is 0 Å². The predicted molar refractivity (Wildman–Crippen MR) is 48.6 cm³/mol. The maximum absolute atomic E-state index is 12.0. The zero-order valence-corrected chi connectivity index (χ0v) is 8.06. The zero-order chi connectivity index (χ0) is 11.2. The molecule has 78 valence electrons. The first-order valence-electron chi connectivity index (χ1n) is 3.54. The van der Waals surface area contributed by atoms with Crippen molar-refractivity contribution in [2.24, 2.45) is 0 Å². The molecule has 0 atom stereocenters. The van der Waals surface area contributed by atoms with E-state index in [4.69, 9.17) is 0 Å². The van der Waals surface area contributed by atoms with Crippen molar-refractivity contribution in [1.82, 2.24) is 0 Å². The van der Waals surface area contributed by atoms with Crippen LogP contribution in [0.25, 0.3) is 0 Å². The first kappa shape index (κ1) is 13.0. The molecule has 14 heavy (non-hydrogen) atoms. The lowest BCUT2D eigenvalue weighted by atomic mass is 10.1. The topological polar surface area (TPSA) is 17.1 Å². The van der Waals surface area contributed by atoms with E-state index in [1.165, 1.54) is 18.5 Å². The van der Waals surface area contributed by atoms with Gasteiger partial charge < -0.3 is 0 Å². The highest BCUT2D eigenvalue weighted by Crippen LogP contribution is 2.29. The summed E-state index contributed by atoms with van der Waals surface area (Å²) in [7, 11) is 0. The first-order valence-corrected chi connectivity index (χ1v) is 4.30. The van der Waals surface area contributed by atoms with Crippen LogP contribution in [0.4, 0.5) is 13.2 Å². The Hall–Kier alpha value is -1.03. The van der Waals surface area contributed by atoms with Gasteiger partial charge >= 0.3 is 6.18 Å². The van der Waals surface area contributed by atoms with Crippen LogP contribution < -0.4 is 0 Å². The van der Waals surface area contributed by atoms with Gasteiger partial charge in [-0.2, -0.15) is 13.2 Å². The Labute approximate surface area is 84.5 Å². The summed E-state index contributed by atoms with van der Waals surface area (Å²) in [5.41, 5.74) is -0.767. The first-order chi connectivity index (χ1) is 6.54. The Balaban J connectivity index is 0.000000791. The summed E-state index contributed by atoms with van der Waals surface area (Å²) in [6, 6.07) is 4.26. The van der Waals surface area contributed by atoms with Crippen LogP contribution in [0.15, 0.2) is 24.3 Å². The van der Waals surface area contributed by atoms with Gasteiger partial charge in [-0.1, -0.05) is 12.1 Å². The normalized spacial score (nSPS) is 10.1. The van der Waals surface area contributed by atoms with E-state index in [9.17, 15) is 18.0 Å². The summed E-state index contributed by atoms with van der Waals surface area (Å²) >= 11 is 4.64. The van der Waals surface area contributed by atoms with Crippen LogP contribution in [0.3, 0.4) is 0 Å². The number of aldehydes is 1. The number of hydrogen-bond donors (Lipinski definition) is 0. The molecule has 0 aliphatic heterocycles. The van der Waals surface area contributed by atoms with Crippen LogP contribution in [0.2, 0.25) is 0 Å². The van der Waals surface area contributed by atoms with E-state index in [1.54, 1.807) is 0 Å². The van der Waals surface area contributed by atoms with Gasteiger partial charge in [0.05, 0.1) is 5.56 Å². The molecular formula is C9H8ClF3O. The molecule has 1 nitrogen and oxygen atoms in total. The third-order valence-corrected chi connectivity index (χ3v) is 1.35. The van der Waals surface area contributed by atoms with Gasteiger partial charge in [0, 0.05) is 11.9 Å². The number of halogens is 4. The fourth-order valence-corrected chi connectivity index (χ4v) is 0.788. The predicted octanol–water partition coefficient (Wildman–Crippen LogP) is 3.37. The number of carbonyl (C=O) groups is 1. The van der Waals surface area contributed by atoms with Gasteiger partial charge in [-0.3, -0.25) is 4.79 Å². The second-order valence-electron chi connectivity index (χ2n) is 2.24. The molecule has 5 heteroatoms. The van der Waals surface area contributed by atoms with Crippen molar-refractivity contribution in [3.8, 4) is 0 Å². The van der Waals surface area contributed by atoms with Crippen LogP contribution in [-0.4, -0.2) is 12.7 Å². The molecule has 0 aromatic heterocycles. The summed E-state index contributed by atoms with van der Waals surface area (Å²) < 4.78 is 36.0. The molecule has 0 aliphatic rings. The Morgan fingerprint density at radius 3 is 2.29 bits per heavy atom. The zero-order valence-electron chi connectivity index (χ0n) is 7.31. The summed E-state index contributed by atoms with van der Waals surface area (Å²) in [5, 5.41) is 0. The van der Waals surface area contributed by atoms with Gasteiger partial charge in [-0.05, 0) is 12.1 Å². The number of hydrogen-bond acceptors (Lipinski definition) is 1. The molecule has 0 saturated heterocycles. The van der Waals surface area contributed by atoms with Crippen LogP contribution in [0.5, 0.6) is 0 Å². The standard InChI is InChI=1S/C8H5F3O.CH3Cl/c9-8(10,11)7-3-1-2-6(4-7)5-12;1-2/h1-5H;1H3. The van der Waals surface area contributed by atoms with E-state index in [2.05, 4.69) is 11.6 Å². The van der Waals surface area contributed by atoms with Gasteiger partial charge in [-0.25, -0.2) is 0 Å². The largest absolute Gasteiger partial charge is 0.416 e. The van der Waals surface area contributed by atoms with Crippen LogP contribution in [-0.2, 0) is 6.18 Å². The minimum absolute atomic E-state index is 0.0322. The molecule has 0 N–H and O–H groups in total. The molecule has 0 amide bonds. The molecule has 0 fully saturated rings. The van der Waals surface area contributed by atoms with Crippen LogP contribution >= 0.6 is 11.6 Å². The van der Waals surface area contributed by atoms with Crippen molar-refractivity contribution in [2.45, 2.75) is 6.18 Å². The highest BCUT2D eigenvalue weighted by molar-refractivity contribution is 6.15. The lowest BCUT2D eigenvalue weighted by Crippen LogP contribution is -2.04. The summed E-state index contributed by atoms with van der Waals surface area (Å²) in [5.74, 6) is 0. The Morgan fingerprint density at radius 2 is 1.86 bits per heavy atom. The van der Waals surface area contributed by atoms with E-state index in [0.29, 0.717) is 6.29 Å². The molecule has 0 radical (unpaired) electrons. The number of carbonyl (C=O) groups excluding carboxylic acids is 1. The summed E-state index contributed by atoms with van der Waals surface area (Å²) in [6.45, 7) is 0. The quantitative estimate of drug-likeness (QED) is 0.528. The molecule has 1 rings (SSSR count). The van der Waals surface area contributed by atoms with E-state index >= 15 is 0 Å². The maximum Gasteiger partial charge on any atom is 0.416 e. The van der Waals surface area contributed by atoms with Crippen molar-refractivity contribution < 1.29 is 18.0 Å². The van der Waals surface area contributed by atoms with E-state index in [1.807, 2.05) is 0 Å². The minimum Gasteiger partial charge on any atom is -0.298 e. The molecule has 0 spiro atoms. The number of benzene rings is 1. The van der Waals surface area contributed by atoms with Gasteiger partial charge in [0.15, 0.2) is 0 Å². The van der Waals surface area contributed by atoms with Crippen molar-refractivity contribution >= 4 is 17.9 Å². The Morgan fingerprint density at radius 1 is 1.29 bits per heavy atom. The molecule has 0 aliphatic carbocycles. The van der Waals surface area contributed by atoms with Crippen molar-refractivity contribution in [1.29, 1.82) is 0 Å². The Bertz CT molecular complexity index is 296. The highest BCUT2D eigenvalue weighted by Gasteiger charge is 2.30. The Kier molecular flexibility index (Phi) is 5.23. The number of rotatable bonds is 1. The molecule has 0 bridgehead atoms. The van der Waals surface area contributed by atoms with Crippen molar-refractivity contribution in [3.05, 3.63) is 35.4 Å². The SMILES string of the molecule is CCl.O=Cc1cccc(C(F)(F)F)c1. The second-order valence-corrected chi connectivity index (χ2v) is 2.24. The highest BCUT2D eigenvalue weighted by atomic mass is 35.5. The third kappa shape index (κ3) is 3.79. The van der Waals surface area contributed by atoms with E-state index in [0.717, 1.165) is 12.1 Å². The molecule has 0 saturated carbocycles. The van der Waals surface area contributed by atoms with Gasteiger partial charge in [-0.15, -0.1) is 11.6 Å². The van der Waals surface area contributed by atoms with Crippen molar-refractivity contribution in [3.63, 3.8) is 0 Å². The second kappa shape index (κ2) is 5.65. The van der Waals surface area contributed by atoms with E-state index < -0.39 is 11.7 Å². The van der Waals surface area contributed by atoms with Gasteiger partial charge in [0.1, 0.15) is 6.29 Å².